The Balaban J connectivity index is 2.00. The van der Waals surface area contributed by atoms with Crippen molar-refractivity contribution in [3.63, 3.8) is 0 Å². The molecule has 0 saturated heterocycles. The number of carboxylic acids is 1. The molecule has 0 radical (unpaired) electrons. The summed E-state index contributed by atoms with van der Waals surface area (Å²) < 4.78 is 0. The maximum absolute atomic E-state index is 12.2. The van der Waals surface area contributed by atoms with Gasteiger partial charge >= 0.3 is 5.97 Å². The molecule has 0 aromatic heterocycles. The molecule has 108 valence electrons. The number of nitrogens with one attached hydrogen (secondary N) is 1. The molecule has 20 heavy (non-hydrogen) atoms. The minimum atomic E-state index is -0.856. The van der Waals surface area contributed by atoms with Gasteiger partial charge in [-0.1, -0.05) is 36.2 Å². The first kappa shape index (κ1) is 14.6. The molecule has 1 fully saturated rings. The second-order valence-electron chi connectivity index (χ2n) is 5.62. The van der Waals surface area contributed by atoms with Crippen molar-refractivity contribution in [3.05, 3.63) is 35.4 Å². The summed E-state index contributed by atoms with van der Waals surface area (Å²) in [7, 11) is 0. The number of amides is 1. The number of hydrogen-bond acceptors (Lipinski definition) is 2. The molecule has 1 aliphatic rings. The van der Waals surface area contributed by atoms with Crippen LogP contribution in [0.2, 0.25) is 0 Å². The number of aryl methyl sites for hydroxylation is 1. The number of aliphatic carboxylic acids is 1. The van der Waals surface area contributed by atoms with Crippen molar-refractivity contribution < 1.29 is 14.7 Å². The number of carbonyl (C=O) groups excluding carboxylic acids is 1. The van der Waals surface area contributed by atoms with Crippen LogP contribution >= 0.6 is 0 Å². The van der Waals surface area contributed by atoms with Crippen LogP contribution < -0.4 is 5.32 Å². The Morgan fingerprint density at radius 3 is 2.40 bits per heavy atom. The summed E-state index contributed by atoms with van der Waals surface area (Å²) in [5, 5.41) is 12.1. The highest BCUT2D eigenvalue weighted by Gasteiger charge is 2.38. The van der Waals surface area contributed by atoms with Gasteiger partial charge < -0.3 is 10.4 Å². The zero-order chi connectivity index (χ0) is 14.7. The van der Waals surface area contributed by atoms with Crippen molar-refractivity contribution in [1.82, 2.24) is 5.32 Å². The summed E-state index contributed by atoms with van der Waals surface area (Å²) in [6.07, 6.45) is 2.09. The average Bonchev–Trinajstić information content (AvgIpc) is 2.88. The lowest BCUT2D eigenvalue weighted by Gasteiger charge is -2.20. The highest BCUT2D eigenvalue weighted by atomic mass is 16.4. The van der Waals surface area contributed by atoms with Crippen LogP contribution in [0.1, 0.15) is 43.4 Å². The minimum Gasteiger partial charge on any atom is -0.481 e. The lowest BCUT2D eigenvalue weighted by atomic mass is 9.94. The van der Waals surface area contributed by atoms with Crippen LogP contribution in [0, 0.1) is 18.8 Å². The fourth-order valence-electron chi connectivity index (χ4n) is 2.83. The van der Waals surface area contributed by atoms with Gasteiger partial charge in [0.25, 0.3) is 0 Å². The highest BCUT2D eigenvalue weighted by molar-refractivity contribution is 5.85. The van der Waals surface area contributed by atoms with Gasteiger partial charge in [-0.3, -0.25) is 9.59 Å². The maximum Gasteiger partial charge on any atom is 0.307 e. The summed E-state index contributed by atoms with van der Waals surface area (Å²) in [5.41, 5.74) is 2.21. The Bertz CT molecular complexity index is 495. The zero-order valence-electron chi connectivity index (χ0n) is 11.9. The van der Waals surface area contributed by atoms with E-state index in [-0.39, 0.29) is 17.9 Å². The van der Waals surface area contributed by atoms with Gasteiger partial charge in [-0.15, -0.1) is 0 Å². The average molecular weight is 275 g/mol. The predicted octanol–water partition coefficient (Wildman–Crippen LogP) is 2.67. The van der Waals surface area contributed by atoms with E-state index in [1.807, 2.05) is 38.1 Å². The van der Waals surface area contributed by atoms with E-state index in [4.69, 9.17) is 5.11 Å². The monoisotopic (exact) mass is 275 g/mol. The largest absolute Gasteiger partial charge is 0.481 e. The Kier molecular flexibility index (Phi) is 4.42. The quantitative estimate of drug-likeness (QED) is 0.887. The van der Waals surface area contributed by atoms with E-state index in [1.165, 1.54) is 5.56 Å². The lowest BCUT2D eigenvalue weighted by Crippen LogP contribution is -2.36. The molecule has 4 nitrogen and oxygen atoms in total. The molecule has 3 atom stereocenters. The van der Waals surface area contributed by atoms with Gasteiger partial charge in [0.15, 0.2) is 0 Å². The van der Waals surface area contributed by atoms with Gasteiger partial charge in [0.2, 0.25) is 5.91 Å². The summed E-state index contributed by atoms with van der Waals surface area (Å²) in [5.74, 6) is -1.91. The van der Waals surface area contributed by atoms with Crippen LogP contribution in [0.15, 0.2) is 24.3 Å². The Hall–Kier alpha value is -1.84. The molecule has 1 aromatic rings. The van der Waals surface area contributed by atoms with Crippen LogP contribution in [0.25, 0.3) is 0 Å². The second-order valence-corrected chi connectivity index (χ2v) is 5.62. The number of carboxylic acid groups (broad SMARTS) is 1. The van der Waals surface area contributed by atoms with E-state index in [0.717, 1.165) is 12.0 Å². The molecule has 0 spiro atoms. The van der Waals surface area contributed by atoms with Crippen molar-refractivity contribution in [3.8, 4) is 0 Å². The maximum atomic E-state index is 12.2. The fourth-order valence-corrected chi connectivity index (χ4v) is 2.83. The third-order valence-corrected chi connectivity index (χ3v) is 4.11. The van der Waals surface area contributed by atoms with Crippen LogP contribution in [0.5, 0.6) is 0 Å². The van der Waals surface area contributed by atoms with Crippen molar-refractivity contribution in [2.45, 2.75) is 39.2 Å². The molecule has 0 aliphatic heterocycles. The molecule has 4 heteroatoms. The van der Waals surface area contributed by atoms with Gasteiger partial charge in [-0.2, -0.15) is 0 Å². The standard InChI is InChI=1S/C16H21NO3/c1-10-6-8-12(9-7-10)11(2)17-15(18)13-4-3-5-14(13)16(19)20/h6-9,11,13-14H,3-5H2,1-2H3,(H,17,18)(H,19,20)/t11-,13-,14+/m1/s1. The van der Waals surface area contributed by atoms with Crippen molar-refractivity contribution in [1.29, 1.82) is 0 Å². The summed E-state index contributed by atoms with van der Waals surface area (Å²) in [4.78, 5) is 23.4. The molecule has 1 amide bonds. The number of carbonyl (C=O) groups is 2. The fraction of sp³-hybridized carbons (Fsp3) is 0.500. The molecular formula is C16H21NO3. The van der Waals surface area contributed by atoms with E-state index >= 15 is 0 Å². The van der Waals surface area contributed by atoms with Gasteiger partial charge in [-0.25, -0.2) is 0 Å². The second kappa shape index (κ2) is 6.07. The molecule has 0 unspecified atom stereocenters. The smallest absolute Gasteiger partial charge is 0.307 e. The van der Waals surface area contributed by atoms with E-state index in [2.05, 4.69) is 5.32 Å². The molecule has 2 rings (SSSR count). The van der Waals surface area contributed by atoms with Crippen molar-refractivity contribution in [2.24, 2.45) is 11.8 Å². The normalized spacial score (nSPS) is 23.3. The Morgan fingerprint density at radius 1 is 1.20 bits per heavy atom. The third-order valence-electron chi connectivity index (χ3n) is 4.11. The van der Waals surface area contributed by atoms with Crippen LogP contribution in [-0.4, -0.2) is 17.0 Å². The van der Waals surface area contributed by atoms with E-state index in [0.29, 0.717) is 12.8 Å². The Labute approximate surface area is 119 Å². The minimum absolute atomic E-state index is 0.0989. The van der Waals surface area contributed by atoms with E-state index in [9.17, 15) is 9.59 Å². The number of hydrogen-bond donors (Lipinski definition) is 2. The topological polar surface area (TPSA) is 66.4 Å². The van der Waals surface area contributed by atoms with Crippen LogP contribution in [-0.2, 0) is 9.59 Å². The first-order chi connectivity index (χ1) is 9.49. The van der Waals surface area contributed by atoms with Crippen LogP contribution in [0.3, 0.4) is 0 Å². The molecule has 0 bridgehead atoms. The third kappa shape index (κ3) is 3.18. The molecule has 2 N–H and O–H groups in total. The molecule has 1 saturated carbocycles. The molecular weight excluding hydrogens is 254 g/mol. The first-order valence-corrected chi connectivity index (χ1v) is 7.09. The van der Waals surface area contributed by atoms with E-state index in [1.54, 1.807) is 0 Å². The predicted molar refractivity (Wildman–Crippen MR) is 76.2 cm³/mol. The molecule has 0 heterocycles. The van der Waals surface area contributed by atoms with Crippen molar-refractivity contribution in [2.75, 3.05) is 0 Å². The number of rotatable bonds is 4. The van der Waals surface area contributed by atoms with Gasteiger partial charge in [0.1, 0.15) is 0 Å². The van der Waals surface area contributed by atoms with E-state index < -0.39 is 11.9 Å². The molecule has 1 aliphatic carbocycles. The van der Waals surface area contributed by atoms with Gasteiger partial charge in [0, 0.05) is 0 Å². The first-order valence-electron chi connectivity index (χ1n) is 7.09. The SMILES string of the molecule is Cc1ccc([C@@H](C)NC(=O)[C@@H]2CCC[C@@H]2C(=O)O)cc1. The summed E-state index contributed by atoms with van der Waals surface area (Å²) in [6.45, 7) is 3.94. The van der Waals surface area contributed by atoms with Gasteiger partial charge in [-0.05, 0) is 32.3 Å². The Morgan fingerprint density at radius 2 is 1.80 bits per heavy atom. The highest BCUT2D eigenvalue weighted by Crippen LogP contribution is 2.32. The lowest BCUT2D eigenvalue weighted by molar-refractivity contribution is -0.146. The molecule has 1 aromatic carbocycles. The summed E-state index contributed by atoms with van der Waals surface area (Å²) >= 11 is 0. The van der Waals surface area contributed by atoms with Gasteiger partial charge in [0.05, 0.1) is 17.9 Å². The van der Waals surface area contributed by atoms with Crippen LogP contribution in [0.4, 0.5) is 0 Å². The summed E-state index contributed by atoms with van der Waals surface area (Å²) in [6, 6.07) is 7.90. The number of benzene rings is 1. The van der Waals surface area contributed by atoms with Crippen molar-refractivity contribution >= 4 is 11.9 Å². The zero-order valence-corrected chi connectivity index (χ0v) is 11.9.